The average Bonchev–Trinajstić information content (AvgIpc) is 2.83. The molecule has 2 atom stereocenters. The van der Waals surface area contributed by atoms with Crippen LogP contribution in [0.2, 0.25) is 0 Å². The molecule has 0 saturated carbocycles. The molecule has 9 nitrogen and oxygen atoms in total. The van der Waals surface area contributed by atoms with Crippen molar-refractivity contribution in [2.45, 2.75) is 48.9 Å². The normalized spacial score (nSPS) is 20.2. The van der Waals surface area contributed by atoms with E-state index >= 15 is 0 Å². The number of anilines is 4. The number of aromatic nitrogens is 1. The summed E-state index contributed by atoms with van der Waals surface area (Å²) in [7, 11) is -1.93. The maximum atomic E-state index is 12.8. The number of sulfone groups is 1. The fraction of sp³-hybridized carbons (Fsp3) is 0.435. The summed E-state index contributed by atoms with van der Waals surface area (Å²) in [6, 6.07) is 11.5. The molecule has 0 spiro atoms. The van der Waals surface area contributed by atoms with Crippen molar-refractivity contribution in [1.29, 1.82) is 5.26 Å². The van der Waals surface area contributed by atoms with E-state index in [0.717, 1.165) is 24.3 Å². The van der Waals surface area contributed by atoms with Crippen molar-refractivity contribution in [3.63, 3.8) is 0 Å². The van der Waals surface area contributed by atoms with Crippen molar-refractivity contribution in [2.24, 2.45) is 0 Å². The molecule has 3 heterocycles. The maximum Gasteiger partial charge on any atom is 0.249 e. The van der Waals surface area contributed by atoms with Crippen LogP contribution in [0.3, 0.4) is 0 Å². The molecule has 0 radical (unpaired) electrons. The van der Waals surface area contributed by atoms with Gasteiger partial charge in [0.1, 0.15) is 17.1 Å². The topological polar surface area (TPSA) is 116 Å². The third kappa shape index (κ3) is 4.26. The van der Waals surface area contributed by atoms with E-state index in [9.17, 15) is 13.2 Å². The summed E-state index contributed by atoms with van der Waals surface area (Å²) < 4.78 is 30.2. The third-order valence-electron chi connectivity index (χ3n) is 6.25. The second kappa shape index (κ2) is 9.00. The van der Waals surface area contributed by atoms with Crippen LogP contribution in [-0.4, -0.2) is 56.9 Å². The van der Waals surface area contributed by atoms with E-state index in [1.807, 2.05) is 13.0 Å². The first-order valence-electron chi connectivity index (χ1n) is 10.9. The van der Waals surface area contributed by atoms with Crippen LogP contribution in [0.25, 0.3) is 0 Å². The summed E-state index contributed by atoms with van der Waals surface area (Å²) in [5.41, 5.74) is 1.42. The molecule has 2 aromatic rings. The lowest BCUT2D eigenvalue weighted by Gasteiger charge is -2.44. The lowest BCUT2D eigenvalue weighted by atomic mass is 10.0. The molecule has 33 heavy (non-hydrogen) atoms. The first-order chi connectivity index (χ1) is 15.7. The Morgan fingerprint density at radius 1 is 1.18 bits per heavy atom. The van der Waals surface area contributed by atoms with Gasteiger partial charge in [0.15, 0.2) is 15.7 Å². The largest absolute Gasteiger partial charge is 0.381 e. The number of ether oxygens (including phenoxy) is 1. The molecule has 4 rings (SSSR count). The van der Waals surface area contributed by atoms with Gasteiger partial charge in [0.05, 0.1) is 16.7 Å². The number of benzene rings is 1. The van der Waals surface area contributed by atoms with E-state index in [1.54, 1.807) is 36.2 Å². The van der Waals surface area contributed by atoms with E-state index in [2.05, 4.69) is 10.2 Å². The molecule has 1 saturated heterocycles. The fourth-order valence-electron chi connectivity index (χ4n) is 4.27. The summed E-state index contributed by atoms with van der Waals surface area (Å²) in [4.78, 5) is 21.5. The monoisotopic (exact) mass is 469 g/mol. The van der Waals surface area contributed by atoms with E-state index in [4.69, 9.17) is 15.0 Å². The fourth-order valence-corrected chi connectivity index (χ4v) is 5.33. The second-order valence-electron chi connectivity index (χ2n) is 8.33. The number of hydrogen-bond acceptors (Lipinski definition) is 8. The molecule has 1 aromatic carbocycles. The number of hydrogen-bond donors (Lipinski definition) is 1. The predicted octanol–water partition coefficient (Wildman–Crippen LogP) is 2.86. The number of pyridine rings is 1. The van der Waals surface area contributed by atoms with Gasteiger partial charge in [-0.1, -0.05) is 0 Å². The molecule has 2 aliphatic heterocycles. The van der Waals surface area contributed by atoms with Gasteiger partial charge in [-0.3, -0.25) is 4.79 Å². The quantitative estimate of drug-likeness (QED) is 0.711. The van der Waals surface area contributed by atoms with Crippen molar-refractivity contribution in [1.82, 2.24) is 4.98 Å². The third-order valence-corrected chi connectivity index (χ3v) is 8.22. The molecular weight excluding hydrogens is 442 g/mol. The Balaban J connectivity index is 1.63. The van der Waals surface area contributed by atoms with Crippen molar-refractivity contribution in [2.75, 3.05) is 35.4 Å². The van der Waals surface area contributed by atoms with Crippen molar-refractivity contribution >= 4 is 38.8 Å². The van der Waals surface area contributed by atoms with Crippen LogP contribution >= 0.6 is 0 Å². The number of fused-ring (bicyclic) bond motifs is 1. The minimum absolute atomic E-state index is 0.0277. The SMILES string of the molecule is CC(C#N)S(=O)(=O)c1ccc(Nc2ccc3c(n2)N(C2CCOCC2)[C@H](C)C(=O)N3C)cc1. The number of carbonyl (C=O) groups excluding carboxylic acids is 1. The zero-order valence-corrected chi connectivity index (χ0v) is 19.7. The molecule has 1 N–H and O–H groups in total. The molecule has 174 valence electrons. The Kier molecular flexibility index (Phi) is 6.28. The van der Waals surface area contributed by atoms with E-state index in [1.165, 1.54) is 19.1 Å². The van der Waals surface area contributed by atoms with Gasteiger partial charge in [-0.25, -0.2) is 13.4 Å². The summed E-state index contributed by atoms with van der Waals surface area (Å²) in [6.45, 7) is 4.58. The van der Waals surface area contributed by atoms with Crippen LogP contribution in [0.1, 0.15) is 26.7 Å². The Hall–Kier alpha value is -3.16. The number of nitrogens with one attached hydrogen (secondary N) is 1. The van der Waals surface area contributed by atoms with Crippen LogP contribution in [0.4, 0.5) is 23.0 Å². The number of amides is 1. The van der Waals surface area contributed by atoms with Crippen LogP contribution in [0.15, 0.2) is 41.3 Å². The first-order valence-corrected chi connectivity index (χ1v) is 12.4. The van der Waals surface area contributed by atoms with Crippen LogP contribution in [0.5, 0.6) is 0 Å². The zero-order chi connectivity index (χ0) is 23.8. The predicted molar refractivity (Wildman–Crippen MR) is 125 cm³/mol. The van der Waals surface area contributed by atoms with Gasteiger partial charge in [0.2, 0.25) is 5.91 Å². The Bertz CT molecular complexity index is 1190. The number of nitriles is 1. The molecule has 1 amide bonds. The van der Waals surface area contributed by atoms with Gasteiger partial charge < -0.3 is 19.9 Å². The summed E-state index contributed by atoms with van der Waals surface area (Å²) in [6.07, 6.45) is 1.66. The van der Waals surface area contributed by atoms with E-state index < -0.39 is 15.1 Å². The van der Waals surface area contributed by atoms with Crippen molar-refractivity contribution in [3.8, 4) is 6.07 Å². The minimum atomic E-state index is -3.69. The lowest BCUT2D eigenvalue weighted by Crippen LogP contribution is -2.56. The van der Waals surface area contributed by atoms with Gasteiger partial charge in [-0.05, 0) is 63.1 Å². The summed E-state index contributed by atoms with van der Waals surface area (Å²) in [5, 5.41) is 11.1. The number of rotatable bonds is 5. The zero-order valence-electron chi connectivity index (χ0n) is 18.9. The molecular formula is C23H27N5O4S. The first kappa shape index (κ1) is 23.0. The Morgan fingerprint density at radius 2 is 1.85 bits per heavy atom. The smallest absolute Gasteiger partial charge is 0.249 e. The molecule has 0 bridgehead atoms. The minimum Gasteiger partial charge on any atom is -0.381 e. The highest BCUT2D eigenvalue weighted by Gasteiger charge is 2.39. The van der Waals surface area contributed by atoms with Gasteiger partial charge in [0, 0.05) is 32.0 Å². The van der Waals surface area contributed by atoms with Crippen molar-refractivity contribution in [3.05, 3.63) is 36.4 Å². The highest BCUT2D eigenvalue weighted by molar-refractivity contribution is 7.92. The summed E-state index contributed by atoms with van der Waals surface area (Å²) in [5.74, 6) is 1.35. The Morgan fingerprint density at radius 3 is 2.48 bits per heavy atom. The van der Waals surface area contributed by atoms with Gasteiger partial charge >= 0.3 is 0 Å². The van der Waals surface area contributed by atoms with Crippen LogP contribution in [0, 0.1) is 11.3 Å². The molecule has 2 aliphatic rings. The standard InChI is InChI=1S/C23H27N5O4S/c1-15(14-24)33(30,31)19-6-4-17(5-7-19)25-21-9-8-20-22(26-21)28(16(2)23(29)27(20)3)18-10-12-32-13-11-18/h4-9,15-16,18H,10-13H2,1-3H3,(H,25,26)/t15?,16-/m1/s1. The molecule has 1 aromatic heterocycles. The van der Waals surface area contributed by atoms with Crippen LogP contribution in [-0.2, 0) is 19.4 Å². The van der Waals surface area contributed by atoms with Gasteiger partial charge in [-0.15, -0.1) is 0 Å². The van der Waals surface area contributed by atoms with E-state index in [-0.39, 0.29) is 22.9 Å². The number of nitrogens with zero attached hydrogens (tertiary/aromatic N) is 4. The highest BCUT2D eigenvalue weighted by Crippen LogP contribution is 2.38. The highest BCUT2D eigenvalue weighted by atomic mass is 32.2. The average molecular weight is 470 g/mol. The number of likely N-dealkylation sites (N-methyl/N-ethyl adjacent to an activating group) is 1. The van der Waals surface area contributed by atoms with Gasteiger partial charge in [0.25, 0.3) is 0 Å². The molecule has 1 fully saturated rings. The molecule has 0 aliphatic carbocycles. The Labute approximate surface area is 193 Å². The molecule has 10 heteroatoms. The maximum absolute atomic E-state index is 12.8. The van der Waals surface area contributed by atoms with Crippen LogP contribution < -0.4 is 15.1 Å². The lowest BCUT2D eigenvalue weighted by molar-refractivity contribution is -0.119. The number of carbonyl (C=O) groups is 1. The van der Waals surface area contributed by atoms with Gasteiger partial charge in [-0.2, -0.15) is 5.26 Å². The van der Waals surface area contributed by atoms with E-state index in [0.29, 0.717) is 24.7 Å². The summed E-state index contributed by atoms with van der Waals surface area (Å²) >= 11 is 0. The second-order valence-corrected chi connectivity index (χ2v) is 10.6. The molecule has 1 unspecified atom stereocenters. The van der Waals surface area contributed by atoms with Crippen molar-refractivity contribution < 1.29 is 17.9 Å².